The van der Waals surface area contributed by atoms with Crippen LogP contribution in [0.25, 0.3) is 0 Å². The van der Waals surface area contributed by atoms with Crippen LogP contribution in [0.2, 0.25) is 0 Å². The van der Waals surface area contributed by atoms with Crippen LogP contribution in [0, 0.1) is 23.6 Å². The number of carbonyl (C=O) groups is 1. The number of benzene rings is 1. The van der Waals surface area contributed by atoms with E-state index in [1.165, 1.54) is 31.4 Å². The second-order valence-electron chi connectivity index (χ2n) is 10.7. The summed E-state index contributed by atoms with van der Waals surface area (Å²) in [4.78, 5) is 17.8. The Kier molecular flexibility index (Phi) is 5.40. The summed E-state index contributed by atoms with van der Waals surface area (Å²) in [6.45, 7) is 0.741. The van der Waals surface area contributed by atoms with E-state index in [4.69, 9.17) is 0 Å². The summed E-state index contributed by atoms with van der Waals surface area (Å²) in [6.07, 6.45) is 7.74. The first-order valence-electron chi connectivity index (χ1n) is 11.7. The molecule has 5 nitrogen and oxygen atoms in total. The van der Waals surface area contributed by atoms with E-state index in [0.717, 1.165) is 24.8 Å². The molecule has 4 aliphatic carbocycles. The summed E-state index contributed by atoms with van der Waals surface area (Å²) in [5.74, 6) is 2.32. The fraction of sp³-hybridized carbons (Fsp3) is 0.708. The molecule has 1 aliphatic heterocycles. The Morgan fingerprint density at radius 1 is 1.06 bits per heavy atom. The molecule has 5 fully saturated rings. The molecule has 4 bridgehead atoms. The molecule has 5 aliphatic rings. The maximum absolute atomic E-state index is 13.7. The molecule has 1 aromatic carbocycles. The van der Waals surface area contributed by atoms with Crippen molar-refractivity contribution >= 4 is 15.7 Å². The van der Waals surface area contributed by atoms with Crippen molar-refractivity contribution in [3.8, 4) is 0 Å². The molecule has 0 radical (unpaired) electrons. The van der Waals surface area contributed by atoms with Crippen LogP contribution in [0.3, 0.4) is 0 Å². The van der Waals surface area contributed by atoms with Gasteiger partial charge in [0.1, 0.15) is 5.82 Å². The second kappa shape index (κ2) is 7.84. The van der Waals surface area contributed by atoms with Gasteiger partial charge in [-0.15, -0.1) is 0 Å². The summed E-state index contributed by atoms with van der Waals surface area (Å²) in [5, 5.41) is 0. The van der Waals surface area contributed by atoms with Gasteiger partial charge in [-0.25, -0.2) is 12.8 Å². The number of rotatable bonds is 6. The van der Waals surface area contributed by atoms with Crippen LogP contribution in [0.15, 0.2) is 24.3 Å². The molecule has 1 amide bonds. The Balaban J connectivity index is 1.38. The molecule has 6 rings (SSSR count). The lowest BCUT2D eigenvalue weighted by atomic mass is 9.52. The maximum Gasteiger partial charge on any atom is 0.237 e. The second-order valence-corrected chi connectivity index (χ2v) is 12.9. The fourth-order valence-electron chi connectivity index (χ4n) is 7.24. The van der Waals surface area contributed by atoms with Gasteiger partial charge in [-0.1, -0.05) is 12.1 Å². The number of halogens is 1. The molecule has 0 N–H and O–H groups in total. The van der Waals surface area contributed by atoms with Gasteiger partial charge in [0.25, 0.3) is 0 Å². The predicted molar refractivity (Wildman–Crippen MR) is 118 cm³/mol. The summed E-state index contributed by atoms with van der Waals surface area (Å²) >= 11 is 0. The standard InChI is InChI=1S/C24H33FN2O3S/c1-26(22-6-7-31(29,30)16-22)15-23(28)27(14-17-2-4-21(25)5-3-17)24-11-18-8-19(12-24)10-20(9-18)13-24/h2-5,18-20,22H,6-16H2,1H3. The third-order valence-electron chi connectivity index (χ3n) is 8.35. The minimum absolute atomic E-state index is 0.0815. The third kappa shape index (κ3) is 4.28. The fourth-order valence-corrected chi connectivity index (χ4v) is 9.04. The topological polar surface area (TPSA) is 57.7 Å². The minimum Gasteiger partial charge on any atom is -0.332 e. The average Bonchev–Trinajstić information content (AvgIpc) is 3.06. The Hall–Kier alpha value is -1.47. The van der Waals surface area contributed by atoms with Crippen LogP contribution in [0.5, 0.6) is 0 Å². The van der Waals surface area contributed by atoms with E-state index < -0.39 is 9.84 Å². The van der Waals surface area contributed by atoms with Crippen LogP contribution >= 0.6 is 0 Å². The van der Waals surface area contributed by atoms with Crippen molar-refractivity contribution in [2.45, 2.75) is 63.1 Å². The first kappa shape index (κ1) is 21.4. The molecule has 1 atom stereocenters. The van der Waals surface area contributed by atoms with Crippen molar-refractivity contribution < 1.29 is 17.6 Å². The number of sulfone groups is 1. The van der Waals surface area contributed by atoms with E-state index in [2.05, 4.69) is 4.90 Å². The normalized spacial score (nSPS) is 35.6. The first-order chi connectivity index (χ1) is 14.7. The molecule has 170 valence electrons. The van der Waals surface area contributed by atoms with Gasteiger partial charge in [-0.3, -0.25) is 9.69 Å². The van der Waals surface area contributed by atoms with Gasteiger partial charge in [0.15, 0.2) is 9.84 Å². The summed E-state index contributed by atoms with van der Waals surface area (Å²) in [7, 11) is -1.11. The van der Waals surface area contributed by atoms with Gasteiger partial charge in [0.05, 0.1) is 18.1 Å². The SMILES string of the molecule is CN(CC(=O)N(Cc1ccc(F)cc1)C12CC3CC(CC(C3)C1)C2)C1CCS(=O)(=O)C1. The van der Waals surface area contributed by atoms with Crippen molar-refractivity contribution in [1.82, 2.24) is 9.80 Å². The van der Waals surface area contributed by atoms with Crippen LogP contribution in [-0.4, -0.2) is 60.8 Å². The quantitative estimate of drug-likeness (QED) is 0.670. The highest BCUT2D eigenvalue weighted by Crippen LogP contribution is 2.58. The molecule has 1 aromatic rings. The smallest absolute Gasteiger partial charge is 0.237 e. The van der Waals surface area contributed by atoms with Crippen LogP contribution < -0.4 is 0 Å². The highest BCUT2D eigenvalue weighted by atomic mass is 32.2. The van der Waals surface area contributed by atoms with Gasteiger partial charge >= 0.3 is 0 Å². The molecular weight excluding hydrogens is 415 g/mol. The zero-order valence-electron chi connectivity index (χ0n) is 18.3. The molecular formula is C24H33FN2O3S. The van der Waals surface area contributed by atoms with Crippen molar-refractivity contribution in [3.05, 3.63) is 35.6 Å². The Labute approximate surface area is 184 Å². The summed E-state index contributed by atoms with van der Waals surface area (Å²) < 4.78 is 37.3. The third-order valence-corrected chi connectivity index (χ3v) is 10.1. The molecule has 1 saturated heterocycles. The Bertz CT molecular complexity index is 911. The zero-order chi connectivity index (χ0) is 21.8. The number of amides is 1. The minimum atomic E-state index is -2.99. The highest BCUT2D eigenvalue weighted by Gasteiger charge is 2.54. The van der Waals surface area contributed by atoms with E-state index in [9.17, 15) is 17.6 Å². The maximum atomic E-state index is 13.7. The summed E-state index contributed by atoms with van der Waals surface area (Å²) in [6, 6.07) is 6.41. The average molecular weight is 449 g/mol. The Morgan fingerprint density at radius 3 is 2.16 bits per heavy atom. The van der Waals surface area contributed by atoms with Crippen LogP contribution in [-0.2, 0) is 21.2 Å². The van der Waals surface area contributed by atoms with Crippen molar-refractivity contribution in [3.63, 3.8) is 0 Å². The molecule has 4 saturated carbocycles. The van der Waals surface area contributed by atoms with Crippen LogP contribution in [0.1, 0.15) is 50.5 Å². The van der Waals surface area contributed by atoms with E-state index in [1.807, 2.05) is 11.9 Å². The van der Waals surface area contributed by atoms with Crippen LogP contribution in [0.4, 0.5) is 4.39 Å². The molecule has 31 heavy (non-hydrogen) atoms. The van der Waals surface area contributed by atoms with Gasteiger partial charge in [0.2, 0.25) is 5.91 Å². The van der Waals surface area contributed by atoms with Gasteiger partial charge in [-0.2, -0.15) is 0 Å². The van der Waals surface area contributed by atoms with Crippen molar-refractivity contribution in [2.75, 3.05) is 25.1 Å². The molecule has 1 heterocycles. The number of hydrogen-bond acceptors (Lipinski definition) is 4. The molecule has 7 heteroatoms. The van der Waals surface area contributed by atoms with Crippen molar-refractivity contribution in [2.24, 2.45) is 17.8 Å². The largest absolute Gasteiger partial charge is 0.332 e. The van der Waals surface area contributed by atoms with E-state index in [-0.39, 0.29) is 41.4 Å². The lowest BCUT2D eigenvalue weighted by molar-refractivity contribution is -0.153. The van der Waals surface area contributed by atoms with E-state index in [0.29, 0.717) is 30.7 Å². The first-order valence-corrected chi connectivity index (χ1v) is 13.5. The van der Waals surface area contributed by atoms with Gasteiger partial charge in [0, 0.05) is 18.1 Å². The predicted octanol–water partition coefficient (Wildman–Crippen LogP) is 3.24. The lowest BCUT2D eigenvalue weighted by Crippen LogP contribution is -2.62. The molecule has 0 aromatic heterocycles. The number of nitrogens with zero attached hydrogens (tertiary/aromatic N) is 2. The number of hydrogen-bond donors (Lipinski definition) is 0. The molecule has 0 spiro atoms. The Morgan fingerprint density at radius 2 is 1.65 bits per heavy atom. The van der Waals surface area contributed by atoms with Gasteiger partial charge < -0.3 is 4.90 Å². The molecule has 1 unspecified atom stereocenters. The lowest BCUT2D eigenvalue weighted by Gasteiger charge is -2.60. The van der Waals surface area contributed by atoms with Crippen molar-refractivity contribution in [1.29, 1.82) is 0 Å². The highest BCUT2D eigenvalue weighted by molar-refractivity contribution is 7.91. The monoisotopic (exact) mass is 448 g/mol. The van der Waals surface area contributed by atoms with Gasteiger partial charge in [-0.05, 0) is 87.4 Å². The van der Waals surface area contributed by atoms with E-state index in [1.54, 1.807) is 12.1 Å². The summed E-state index contributed by atoms with van der Waals surface area (Å²) in [5.41, 5.74) is 0.861. The zero-order valence-corrected chi connectivity index (χ0v) is 19.1. The number of carbonyl (C=O) groups excluding carboxylic acids is 1. The van der Waals surface area contributed by atoms with E-state index >= 15 is 0 Å². The number of likely N-dealkylation sites (N-methyl/N-ethyl adjacent to an activating group) is 1.